The molecule has 14 nitrogen and oxygen atoms in total. The van der Waals surface area contributed by atoms with Crippen LogP contribution in [0.5, 0.6) is 0 Å². The van der Waals surface area contributed by atoms with E-state index in [1.807, 2.05) is 45.9 Å². The molecule has 0 bridgehead atoms. The standard InChI is InChI=1S/C40H61N5O9/c1-11-26(4)34-38(50)44(9)29(7)40(52)53-21-17-13-14-18-27(5)39(51)54-32(22-25(2)3)35(47)41-28(6)36(48)45(10)31(23-30-19-15-12-16-20-30)37(49)43(8)24-33(46)42-34/h12,15-16,18-20,25-26,28-29,31-32,34H,11,13-14,17,21-24H2,1-10H3,(H,41,47)(H,42,46)/b27-18+/t26?,28-,29+,31+,32+,34-/m0/s1. The highest BCUT2D eigenvalue weighted by Gasteiger charge is 2.36. The minimum absolute atomic E-state index is 0.0173. The lowest BCUT2D eigenvalue weighted by Gasteiger charge is -2.33. The molecule has 0 aliphatic carbocycles. The van der Waals surface area contributed by atoms with E-state index in [0.717, 1.165) is 5.56 Å². The Morgan fingerprint density at radius 2 is 1.50 bits per heavy atom. The largest absolute Gasteiger partial charge is 0.464 e. The molecule has 6 atom stereocenters. The Morgan fingerprint density at radius 3 is 2.11 bits per heavy atom. The van der Waals surface area contributed by atoms with Gasteiger partial charge in [0.25, 0.3) is 5.91 Å². The molecule has 0 saturated heterocycles. The summed E-state index contributed by atoms with van der Waals surface area (Å²) in [5.41, 5.74) is 1.07. The van der Waals surface area contributed by atoms with Gasteiger partial charge in [-0.1, -0.05) is 70.5 Å². The number of benzene rings is 1. The summed E-state index contributed by atoms with van der Waals surface area (Å²) in [5.74, 6) is -4.43. The number of carbonyl (C=O) groups excluding carboxylic acids is 7. The average Bonchev–Trinajstić information content (AvgIpc) is 3.14. The molecule has 1 aliphatic heterocycles. The summed E-state index contributed by atoms with van der Waals surface area (Å²) in [6.07, 6.45) is 2.97. The van der Waals surface area contributed by atoms with Crippen molar-refractivity contribution >= 4 is 41.5 Å². The van der Waals surface area contributed by atoms with Gasteiger partial charge in [0, 0.05) is 33.1 Å². The number of hydrogen-bond acceptors (Lipinski definition) is 9. The molecular formula is C40H61N5O9. The average molecular weight is 756 g/mol. The van der Waals surface area contributed by atoms with Crippen LogP contribution in [0, 0.1) is 11.8 Å². The first-order chi connectivity index (χ1) is 25.4. The van der Waals surface area contributed by atoms with Crippen LogP contribution in [0.2, 0.25) is 0 Å². The van der Waals surface area contributed by atoms with Gasteiger partial charge < -0.3 is 34.8 Å². The second kappa shape index (κ2) is 21.8. The third-order valence-electron chi connectivity index (χ3n) is 9.77. The molecule has 0 fully saturated rings. The Morgan fingerprint density at radius 1 is 0.852 bits per heavy atom. The maximum Gasteiger partial charge on any atom is 0.334 e. The summed E-state index contributed by atoms with van der Waals surface area (Å²) < 4.78 is 11.1. The molecule has 5 amide bonds. The molecule has 0 radical (unpaired) electrons. The molecule has 54 heavy (non-hydrogen) atoms. The first kappa shape index (κ1) is 45.4. The Bertz CT molecular complexity index is 1500. The normalized spacial score (nSPS) is 26.1. The summed E-state index contributed by atoms with van der Waals surface area (Å²) in [7, 11) is 4.37. The number of allylic oxidation sites excluding steroid dienone is 1. The van der Waals surface area contributed by atoms with Gasteiger partial charge in [0.2, 0.25) is 23.6 Å². The zero-order chi connectivity index (χ0) is 40.7. The zero-order valence-electron chi connectivity index (χ0n) is 33.7. The highest BCUT2D eigenvalue weighted by molar-refractivity contribution is 5.96. The van der Waals surface area contributed by atoms with Crippen molar-refractivity contribution in [2.24, 2.45) is 11.8 Å². The van der Waals surface area contributed by atoms with Crippen LogP contribution in [0.4, 0.5) is 0 Å². The lowest BCUT2D eigenvalue weighted by molar-refractivity contribution is -0.155. The predicted octanol–water partition coefficient (Wildman–Crippen LogP) is 3.03. The molecule has 1 aromatic carbocycles. The molecule has 1 aliphatic rings. The molecule has 2 N–H and O–H groups in total. The van der Waals surface area contributed by atoms with Crippen LogP contribution in [0.3, 0.4) is 0 Å². The number of hydrogen-bond donors (Lipinski definition) is 2. The zero-order valence-corrected chi connectivity index (χ0v) is 33.7. The minimum Gasteiger partial charge on any atom is -0.464 e. The van der Waals surface area contributed by atoms with E-state index in [0.29, 0.717) is 31.3 Å². The van der Waals surface area contributed by atoms with Gasteiger partial charge in [-0.2, -0.15) is 0 Å². The quantitative estimate of drug-likeness (QED) is 0.415. The minimum atomic E-state index is -1.17. The fraction of sp³-hybridized carbons (Fsp3) is 0.625. The van der Waals surface area contributed by atoms with E-state index >= 15 is 0 Å². The third kappa shape index (κ3) is 13.6. The number of carbonyl (C=O) groups is 7. The van der Waals surface area contributed by atoms with E-state index in [-0.39, 0.29) is 31.3 Å². The number of amides is 5. The van der Waals surface area contributed by atoms with E-state index in [1.54, 1.807) is 32.1 Å². The smallest absolute Gasteiger partial charge is 0.334 e. The van der Waals surface area contributed by atoms with Crippen LogP contribution < -0.4 is 10.6 Å². The van der Waals surface area contributed by atoms with Gasteiger partial charge >= 0.3 is 11.9 Å². The second-order valence-corrected chi connectivity index (χ2v) is 14.7. The Hall–Kier alpha value is -4.75. The van der Waals surface area contributed by atoms with Crippen molar-refractivity contribution in [2.45, 2.75) is 117 Å². The van der Waals surface area contributed by atoms with Crippen LogP contribution in [0.15, 0.2) is 42.0 Å². The van der Waals surface area contributed by atoms with Crippen molar-refractivity contribution in [3.8, 4) is 0 Å². The van der Waals surface area contributed by atoms with Crippen molar-refractivity contribution in [3.05, 3.63) is 47.5 Å². The maximum absolute atomic E-state index is 14.1. The summed E-state index contributed by atoms with van der Waals surface area (Å²) in [5, 5.41) is 5.44. The fourth-order valence-corrected chi connectivity index (χ4v) is 5.87. The lowest BCUT2D eigenvalue weighted by Crippen LogP contribution is -2.57. The molecular weight excluding hydrogens is 694 g/mol. The fourth-order valence-electron chi connectivity index (χ4n) is 5.87. The first-order valence-corrected chi connectivity index (χ1v) is 18.9. The first-order valence-electron chi connectivity index (χ1n) is 18.9. The topological polar surface area (TPSA) is 172 Å². The van der Waals surface area contributed by atoms with Crippen LogP contribution in [0.25, 0.3) is 0 Å². The SMILES string of the molecule is CCC(C)[C@@H]1NC(=O)CN(C)C(=O)[C@@H](Cc2ccccc2)N(C)C(=O)[C@H](C)NC(=O)[C@@H](CC(C)C)OC(=O)/C(C)=C/CCCCOC(=O)[C@@H](C)N(C)C1=O. The third-order valence-corrected chi connectivity index (χ3v) is 9.77. The van der Waals surface area contributed by atoms with Crippen LogP contribution in [-0.2, 0) is 49.5 Å². The summed E-state index contributed by atoms with van der Waals surface area (Å²) in [6.45, 7) is 11.8. The van der Waals surface area contributed by atoms with E-state index < -0.39 is 78.3 Å². The van der Waals surface area contributed by atoms with Gasteiger partial charge in [-0.25, -0.2) is 9.59 Å². The number of nitrogens with one attached hydrogen (secondary N) is 2. The molecule has 300 valence electrons. The van der Waals surface area contributed by atoms with Crippen molar-refractivity contribution in [1.82, 2.24) is 25.3 Å². The number of ether oxygens (including phenoxy) is 2. The molecule has 0 aromatic heterocycles. The molecule has 1 heterocycles. The van der Waals surface area contributed by atoms with E-state index in [9.17, 15) is 33.6 Å². The predicted molar refractivity (Wildman–Crippen MR) is 203 cm³/mol. The molecule has 2 rings (SSSR count). The van der Waals surface area contributed by atoms with Gasteiger partial charge in [-0.15, -0.1) is 0 Å². The van der Waals surface area contributed by atoms with Gasteiger partial charge in [0.05, 0.1) is 13.2 Å². The summed E-state index contributed by atoms with van der Waals surface area (Å²) in [4.78, 5) is 98.1. The van der Waals surface area contributed by atoms with E-state index in [1.165, 1.54) is 42.8 Å². The second-order valence-electron chi connectivity index (χ2n) is 14.7. The molecule has 0 saturated carbocycles. The monoisotopic (exact) mass is 755 g/mol. The number of likely N-dealkylation sites (N-methyl/N-ethyl adjacent to an activating group) is 3. The van der Waals surface area contributed by atoms with Crippen molar-refractivity contribution in [2.75, 3.05) is 34.3 Å². The maximum atomic E-state index is 14.1. The van der Waals surface area contributed by atoms with Crippen molar-refractivity contribution in [3.63, 3.8) is 0 Å². The number of nitrogens with zero attached hydrogens (tertiary/aromatic N) is 3. The lowest BCUT2D eigenvalue weighted by atomic mass is 9.97. The van der Waals surface area contributed by atoms with Gasteiger partial charge in [-0.3, -0.25) is 24.0 Å². The summed E-state index contributed by atoms with van der Waals surface area (Å²) >= 11 is 0. The highest BCUT2D eigenvalue weighted by Crippen LogP contribution is 2.17. The molecule has 14 heteroatoms. The number of esters is 2. The number of cyclic esters (lactones) is 2. The van der Waals surface area contributed by atoms with Crippen LogP contribution in [0.1, 0.15) is 86.1 Å². The van der Waals surface area contributed by atoms with E-state index in [2.05, 4.69) is 10.6 Å². The summed E-state index contributed by atoms with van der Waals surface area (Å²) in [6, 6.07) is 4.98. The van der Waals surface area contributed by atoms with Crippen molar-refractivity contribution in [1.29, 1.82) is 0 Å². The van der Waals surface area contributed by atoms with Crippen LogP contribution >= 0.6 is 0 Å². The molecule has 1 aromatic rings. The van der Waals surface area contributed by atoms with Gasteiger partial charge in [0.1, 0.15) is 24.2 Å². The Labute approximate surface area is 320 Å². The van der Waals surface area contributed by atoms with Crippen LogP contribution in [-0.4, -0.2) is 121 Å². The van der Waals surface area contributed by atoms with E-state index in [4.69, 9.17) is 9.47 Å². The number of rotatable bonds is 6. The Kier molecular flexibility index (Phi) is 18.4. The molecule has 1 unspecified atom stereocenters. The van der Waals surface area contributed by atoms with Gasteiger partial charge in [-0.05, 0) is 63.9 Å². The Balaban J connectivity index is 2.50. The van der Waals surface area contributed by atoms with Gasteiger partial charge in [0.15, 0.2) is 6.10 Å². The highest BCUT2D eigenvalue weighted by atomic mass is 16.5. The molecule has 0 spiro atoms. The van der Waals surface area contributed by atoms with Crippen molar-refractivity contribution < 1.29 is 43.0 Å².